The number of rotatable bonds is 5. The van der Waals surface area contributed by atoms with Gasteiger partial charge in [-0.05, 0) is 30.4 Å². The fraction of sp³-hybridized carbons (Fsp3) is 0.316. The molecule has 22 heavy (non-hydrogen) atoms. The highest BCUT2D eigenvalue weighted by Gasteiger charge is 2.26. The maximum atomic E-state index is 12.4. The molecule has 0 saturated carbocycles. The molecule has 3 rings (SSSR count). The number of amides is 1. The van der Waals surface area contributed by atoms with Crippen LogP contribution >= 0.6 is 0 Å². The molecule has 0 unspecified atom stereocenters. The zero-order valence-electron chi connectivity index (χ0n) is 12.6. The summed E-state index contributed by atoms with van der Waals surface area (Å²) in [5, 5.41) is 3.16. The van der Waals surface area contributed by atoms with Crippen LogP contribution in [-0.4, -0.2) is 18.6 Å². The highest BCUT2D eigenvalue weighted by atomic mass is 16.5. The fourth-order valence-electron chi connectivity index (χ4n) is 2.84. The zero-order chi connectivity index (χ0) is 15.2. The standard InChI is InChI=1S/C19H21NO2/c21-19(18-12-7-13-22-18)20-17(16-10-5-2-6-11-16)14-15-8-3-1-4-9-15/h1-6,8-11,17-18H,7,12-14H2,(H,20,21)/t17-,18-/m0/s1. The van der Waals surface area contributed by atoms with Gasteiger partial charge in [0.05, 0.1) is 6.04 Å². The molecule has 0 radical (unpaired) electrons. The first-order valence-electron chi connectivity index (χ1n) is 7.84. The normalized spacial score (nSPS) is 18.8. The minimum atomic E-state index is -0.290. The Hall–Kier alpha value is -2.13. The van der Waals surface area contributed by atoms with E-state index in [0.717, 1.165) is 24.8 Å². The van der Waals surface area contributed by atoms with E-state index in [1.165, 1.54) is 5.56 Å². The van der Waals surface area contributed by atoms with Crippen molar-refractivity contribution in [3.63, 3.8) is 0 Å². The van der Waals surface area contributed by atoms with Gasteiger partial charge in [0.25, 0.3) is 0 Å². The van der Waals surface area contributed by atoms with Gasteiger partial charge in [0.15, 0.2) is 0 Å². The third-order valence-electron chi connectivity index (χ3n) is 4.02. The summed E-state index contributed by atoms with van der Waals surface area (Å²) in [6, 6.07) is 20.3. The van der Waals surface area contributed by atoms with Crippen molar-refractivity contribution >= 4 is 5.91 Å². The van der Waals surface area contributed by atoms with E-state index >= 15 is 0 Å². The average molecular weight is 295 g/mol. The summed E-state index contributed by atoms with van der Waals surface area (Å²) >= 11 is 0. The van der Waals surface area contributed by atoms with Gasteiger partial charge in [-0.15, -0.1) is 0 Å². The molecule has 1 amide bonds. The highest BCUT2D eigenvalue weighted by molar-refractivity contribution is 5.81. The lowest BCUT2D eigenvalue weighted by Gasteiger charge is -2.21. The topological polar surface area (TPSA) is 38.3 Å². The third-order valence-corrected chi connectivity index (χ3v) is 4.02. The molecule has 1 aliphatic heterocycles. The first kappa shape index (κ1) is 14.8. The van der Waals surface area contributed by atoms with Crippen molar-refractivity contribution in [2.75, 3.05) is 6.61 Å². The van der Waals surface area contributed by atoms with Crippen molar-refractivity contribution in [3.8, 4) is 0 Å². The summed E-state index contributed by atoms with van der Waals surface area (Å²) in [5.74, 6) is 0.00211. The van der Waals surface area contributed by atoms with Crippen molar-refractivity contribution in [3.05, 3.63) is 71.8 Å². The quantitative estimate of drug-likeness (QED) is 0.919. The second kappa shape index (κ2) is 7.23. The summed E-state index contributed by atoms with van der Waals surface area (Å²) in [5.41, 5.74) is 2.33. The number of carbonyl (C=O) groups is 1. The predicted molar refractivity (Wildman–Crippen MR) is 86.4 cm³/mol. The molecule has 1 N–H and O–H groups in total. The summed E-state index contributed by atoms with van der Waals surface area (Å²) in [6.45, 7) is 0.687. The molecule has 0 spiro atoms. The minimum absolute atomic E-state index is 0.00211. The molecule has 2 atom stereocenters. The molecule has 114 valence electrons. The number of benzene rings is 2. The molecule has 0 aliphatic carbocycles. The van der Waals surface area contributed by atoms with E-state index < -0.39 is 0 Å². The number of ether oxygens (including phenoxy) is 1. The van der Waals surface area contributed by atoms with Gasteiger partial charge < -0.3 is 10.1 Å². The summed E-state index contributed by atoms with van der Waals surface area (Å²) in [6.07, 6.45) is 2.27. The Bertz CT molecular complexity index is 591. The Morgan fingerprint density at radius 3 is 2.41 bits per heavy atom. The number of hydrogen-bond donors (Lipinski definition) is 1. The van der Waals surface area contributed by atoms with E-state index in [4.69, 9.17) is 4.74 Å². The van der Waals surface area contributed by atoms with Gasteiger partial charge >= 0.3 is 0 Å². The van der Waals surface area contributed by atoms with Gasteiger partial charge in [-0.2, -0.15) is 0 Å². The largest absolute Gasteiger partial charge is 0.368 e. The third kappa shape index (κ3) is 3.74. The Morgan fingerprint density at radius 2 is 1.77 bits per heavy atom. The molecule has 3 nitrogen and oxygen atoms in total. The van der Waals surface area contributed by atoms with Crippen molar-refractivity contribution in [2.24, 2.45) is 0 Å². The molecule has 3 heteroatoms. The molecule has 1 saturated heterocycles. The molecule has 2 aromatic rings. The van der Waals surface area contributed by atoms with E-state index in [-0.39, 0.29) is 18.1 Å². The lowest BCUT2D eigenvalue weighted by Crippen LogP contribution is -2.37. The maximum absolute atomic E-state index is 12.4. The van der Waals surface area contributed by atoms with Crippen LogP contribution in [0.3, 0.4) is 0 Å². The molecular formula is C19H21NO2. The van der Waals surface area contributed by atoms with Gasteiger partial charge in [-0.3, -0.25) is 4.79 Å². The van der Waals surface area contributed by atoms with Crippen LogP contribution in [0.4, 0.5) is 0 Å². The van der Waals surface area contributed by atoms with Crippen molar-refractivity contribution < 1.29 is 9.53 Å². The van der Waals surface area contributed by atoms with Crippen LogP contribution in [0.5, 0.6) is 0 Å². The van der Waals surface area contributed by atoms with Crippen LogP contribution in [0, 0.1) is 0 Å². The Labute approximate surface area is 131 Å². The highest BCUT2D eigenvalue weighted by Crippen LogP contribution is 2.20. The van der Waals surface area contributed by atoms with Gasteiger partial charge in [0, 0.05) is 6.61 Å². The second-order valence-electron chi connectivity index (χ2n) is 5.66. The SMILES string of the molecule is O=C(N[C@@H](Cc1ccccc1)c1ccccc1)[C@@H]1CCCO1. The molecule has 0 aromatic heterocycles. The van der Waals surface area contributed by atoms with E-state index in [1.54, 1.807) is 0 Å². The lowest BCUT2D eigenvalue weighted by molar-refractivity contribution is -0.130. The maximum Gasteiger partial charge on any atom is 0.249 e. The smallest absolute Gasteiger partial charge is 0.249 e. The predicted octanol–water partition coefficient (Wildman–Crippen LogP) is 3.27. The Morgan fingerprint density at radius 1 is 1.09 bits per heavy atom. The lowest BCUT2D eigenvalue weighted by atomic mass is 9.98. The Kier molecular flexibility index (Phi) is 4.86. The number of nitrogens with one attached hydrogen (secondary N) is 1. The molecule has 1 heterocycles. The zero-order valence-corrected chi connectivity index (χ0v) is 12.6. The summed E-state index contributed by atoms with van der Waals surface area (Å²) in [4.78, 5) is 12.4. The number of hydrogen-bond acceptors (Lipinski definition) is 2. The van der Waals surface area contributed by atoms with Crippen LogP contribution in [0.1, 0.15) is 30.0 Å². The molecule has 1 fully saturated rings. The number of carbonyl (C=O) groups excluding carboxylic acids is 1. The van der Waals surface area contributed by atoms with Gasteiger partial charge in [0.2, 0.25) is 5.91 Å². The summed E-state index contributed by atoms with van der Waals surface area (Å²) < 4.78 is 5.49. The van der Waals surface area contributed by atoms with Crippen molar-refractivity contribution in [1.29, 1.82) is 0 Å². The van der Waals surface area contributed by atoms with E-state index in [1.807, 2.05) is 36.4 Å². The first-order chi connectivity index (χ1) is 10.8. The average Bonchev–Trinajstić information content (AvgIpc) is 3.11. The first-order valence-corrected chi connectivity index (χ1v) is 7.84. The fourth-order valence-corrected chi connectivity index (χ4v) is 2.84. The summed E-state index contributed by atoms with van der Waals surface area (Å²) in [7, 11) is 0. The van der Waals surface area contributed by atoms with Crippen LogP contribution in [0.15, 0.2) is 60.7 Å². The Balaban J connectivity index is 1.75. The molecular weight excluding hydrogens is 274 g/mol. The van der Waals surface area contributed by atoms with Crippen LogP contribution in [-0.2, 0) is 16.0 Å². The van der Waals surface area contributed by atoms with Crippen molar-refractivity contribution in [1.82, 2.24) is 5.32 Å². The molecule has 2 aromatic carbocycles. The van der Waals surface area contributed by atoms with Gasteiger partial charge in [-0.1, -0.05) is 60.7 Å². The van der Waals surface area contributed by atoms with Crippen molar-refractivity contribution in [2.45, 2.75) is 31.4 Å². The minimum Gasteiger partial charge on any atom is -0.368 e. The van der Waals surface area contributed by atoms with E-state index in [2.05, 4.69) is 29.6 Å². The van der Waals surface area contributed by atoms with Crippen LogP contribution in [0.25, 0.3) is 0 Å². The molecule has 0 bridgehead atoms. The van der Waals surface area contributed by atoms with E-state index in [9.17, 15) is 4.79 Å². The van der Waals surface area contributed by atoms with Crippen LogP contribution < -0.4 is 5.32 Å². The monoisotopic (exact) mass is 295 g/mol. The van der Waals surface area contributed by atoms with Crippen LogP contribution in [0.2, 0.25) is 0 Å². The van der Waals surface area contributed by atoms with Gasteiger partial charge in [-0.25, -0.2) is 0 Å². The second-order valence-corrected chi connectivity index (χ2v) is 5.66. The van der Waals surface area contributed by atoms with E-state index in [0.29, 0.717) is 6.61 Å². The van der Waals surface area contributed by atoms with Gasteiger partial charge in [0.1, 0.15) is 6.10 Å². The molecule has 1 aliphatic rings.